The number of rotatable bonds is 8. The smallest absolute Gasteiger partial charge is 0.0547 e. The maximum Gasteiger partial charge on any atom is 0.0547 e. The van der Waals surface area contributed by atoms with Gasteiger partial charge in [-0.2, -0.15) is 0 Å². The standard InChI is InChI=1S/C14H25N3/c1-4-15-10-5-6-11-17(3)12-14-9-7-8-13(2)16-14/h7-9,15H,4-6,10-12H2,1-3H3. The summed E-state index contributed by atoms with van der Waals surface area (Å²) in [4.78, 5) is 6.86. The number of aryl methyl sites for hydroxylation is 1. The molecule has 17 heavy (non-hydrogen) atoms. The molecule has 0 radical (unpaired) electrons. The predicted molar refractivity (Wildman–Crippen MR) is 73.1 cm³/mol. The Labute approximate surface area is 105 Å². The molecule has 0 aliphatic carbocycles. The number of aromatic nitrogens is 1. The zero-order valence-corrected chi connectivity index (χ0v) is 11.4. The summed E-state index contributed by atoms with van der Waals surface area (Å²) in [6.45, 7) is 8.48. The first-order valence-electron chi connectivity index (χ1n) is 6.54. The third-order valence-electron chi connectivity index (χ3n) is 2.77. The van der Waals surface area contributed by atoms with Gasteiger partial charge in [0, 0.05) is 12.2 Å². The fourth-order valence-electron chi connectivity index (χ4n) is 1.85. The zero-order valence-electron chi connectivity index (χ0n) is 11.4. The Balaban J connectivity index is 2.18. The Hall–Kier alpha value is -0.930. The summed E-state index contributed by atoms with van der Waals surface area (Å²) < 4.78 is 0. The molecule has 0 aromatic carbocycles. The highest BCUT2D eigenvalue weighted by atomic mass is 15.1. The average molecular weight is 235 g/mol. The molecular formula is C14H25N3. The van der Waals surface area contributed by atoms with Crippen LogP contribution in [0.3, 0.4) is 0 Å². The largest absolute Gasteiger partial charge is 0.317 e. The first-order chi connectivity index (χ1) is 8.22. The molecule has 0 aliphatic rings. The van der Waals surface area contributed by atoms with E-state index >= 15 is 0 Å². The Morgan fingerprint density at radius 2 is 2.12 bits per heavy atom. The van der Waals surface area contributed by atoms with E-state index in [1.165, 1.54) is 18.5 Å². The minimum Gasteiger partial charge on any atom is -0.317 e. The van der Waals surface area contributed by atoms with E-state index in [-0.39, 0.29) is 0 Å². The van der Waals surface area contributed by atoms with Crippen LogP contribution in [0, 0.1) is 6.92 Å². The summed E-state index contributed by atoms with van der Waals surface area (Å²) in [5.74, 6) is 0. The van der Waals surface area contributed by atoms with E-state index < -0.39 is 0 Å². The molecule has 96 valence electrons. The molecule has 0 atom stereocenters. The maximum atomic E-state index is 4.52. The van der Waals surface area contributed by atoms with Gasteiger partial charge in [-0.15, -0.1) is 0 Å². The third kappa shape index (κ3) is 6.39. The molecule has 0 saturated carbocycles. The van der Waals surface area contributed by atoms with Crippen molar-refractivity contribution in [3.8, 4) is 0 Å². The second-order valence-electron chi connectivity index (χ2n) is 4.57. The van der Waals surface area contributed by atoms with Gasteiger partial charge in [0.25, 0.3) is 0 Å². The van der Waals surface area contributed by atoms with Gasteiger partial charge in [-0.05, 0) is 58.6 Å². The summed E-state index contributed by atoms with van der Waals surface area (Å²) in [5, 5.41) is 3.35. The monoisotopic (exact) mass is 235 g/mol. The van der Waals surface area contributed by atoms with Crippen LogP contribution in [0.1, 0.15) is 31.2 Å². The molecule has 0 amide bonds. The first-order valence-corrected chi connectivity index (χ1v) is 6.54. The predicted octanol–water partition coefficient (Wildman–Crippen LogP) is 2.21. The normalized spacial score (nSPS) is 11.1. The Morgan fingerprint density at radius 3 is 2.82 bits per heavy atom. The van der Waals surface area contributed by atoms with Crippen molar-refractivity contribution in [2.75, 3.05) is 26.7 Å². The van der Waals surface area contributed by atoms with Gasteiger partial charge in [-0.1, -0.05) is 13.0 Å². The fraction of sp³-hybridized carbons (Fsp3) is 0.643. The molecule has 0 aliphatic heterocycles. The molecule has 0 fully saturated rings. The van der Waals surface area contributed by atoms with Gasteiger partial charge >= 0.3 is 0 Å². The third-order valence-corrected chi connectivity index (χ3v) is 2.77. The van der Waals surface area contributed by atoms with Gasteiger partial charge in [-0.25, -0.2) is 0 Å². The fourth-order valence-corrected chi connectivity index (χ4v) is 1.85. The minimum absolute atomic E-state index is 0.947. The van der Waals surface area contributed by atoms with Gasteiger partial charge in [-0.3, -0.25) is 4.98 Å². The highest BCUT2D eigenvalue weighted by Crippen LogP contribution is 2.02. The van der Waals surface area contributed by atoms with E-state index in [1.807, 2.05) is 13.0 Å². The molecule has 0 saturated heterocycles. The average Bonchev–Trinajstić information content (AvgIpc) is 2.29. The molecule has 1 N–H and O–H groups in total. The number of unbranched alkanes of at least 4 members (excludes halogenated alkanes) is 1. The lowest BCUT2D eigenvalue weighted by atomic mass is 10.2. The highest BCUT2D eigenvalue weighted by Gasteiger charge is 2.01. The molecule has 1 heterocycles. The minimum atomic E-state index is 0.947. The summed E-state index contributed by atoms with van der Waals surface area (Å²) in [6.07, 6.45) is 2.49. The Morgan fingerprint density at radius 1 is 1.29 bits per heavy atom. The van der Waals surface area contributed by atoms with Gasteiger partial charge in [0.05, 0.1) is 5.69 Å². The molecule has 1 aromatic rings. The van der Waals surface area contributed by atoms with Crippen LogP contribution in [-0.4, -0.2) is 36.6 Å². The molecule has 3 nitrogen and oxygen atoms in total. The SMILES string of the molecule is CCNCCCCN(C)Cc1cccc(C)n1. The van der Waals surface area contributed by atoms with E-state index in [0.29, 0.717) is 0 Å². The second kappa shape index (κ2) is 8.20. The Kier molecular flexibility index (Phi) is 6.82. The van der Waals surface area contributed by atoms with Crippen molar-refractivity contribution in [3.05, 3.63) is 29.6 Å². The van der Waals surface area contributed by atoms with Gasteiger partial charge in [0.15, 0.2) is 0 Å². The van der Waals surface area contributed by atoms with Gasteiger partial charge in [0.1, 0.15) is 0 Å². The topological polar surface area (TPSA) is 28.2 Å². The molecule has 0 bridgehead atoms. The van der Waals surface area contributed by atoms with E-state index in [1.54, 1.807) is 0 Å². The second-order valence-corrected chi connectivity index (χ2v) is 4.57. The van der Waals surface area contributed by atoms with E-state index in [0.717, 1.165) is 31.9 Å². The summed E-state index contributed by atoms with van der Waals surface area (Å²) in [5.41, 5.74) is 2.27. The zero-order chi connectivity index (χ0) is 12.5. The van der Waals surface area contributed by atoms with Crippen molar-refractivity contribution < 1.29 is 0 Å². The summed E-state index contributed by atoms with van der Waals surface area (Å²) in [7, 11) is 2.16. The summed E-state index contributed by atoms with van der Waals surface area (Å²) in [6, 6.07) is 6.22. The van der Waals surface area contributed by atoms with Crippen molar-refractivity contribution in [1.82, 2.24) is 15.2 Å². The molecule has 3 heteroatoms. The van der Waals surface area contributed by atoms with Crippen LogP contribution in [0.15, 0.2) is 18.2 Å². The lowest BCUT2D eigenvalue weighted by molar-refractivity contribution is 0.314. The van der Waals surface area contributed by atoms with Gasteiger partial charge < -0.3 is 10.2 Å². The number of nitrogens with zero attached hydrogens (tertiary/aromatic N) is 2. The van der Waals surface area contributed by atoms with Crippen LogP contribution in [0.2, 0.25) is 0 Å². The number of nitrogens with one attached hydrogen (secondary N) is 1. The van der Waals surface area contributed by atoms with Crippen LogP contribution in [-0.2, 0) is 6.54 Å². The molecular weight excluding hydrogens is 210 g/mol. The van der Waals surface area contributed by atoms with Crippen LogP contribution in [0.5, 0.6) is 0 Å². The Bertz CT molecular complexity index is 312. The van der Waals surface area contributed by atoms with Crippen LogP contribution in [0.25, 0.3) is 0 Å². The highest BCUT2D eigenvalue weighted by molar-refractivity contribution is 5.09. The van der Waals surface area contributed by atoms with Gasteiger partial charge in [0.2, 0.25) is 0 Å². The van der Waals surface area contributed by atoms with Crippen molar-refractivity contribution in [2.45, 2.75) is 33.2 Å². The van der Waals surface area contributed by atoms with Crippen LogP contribution >= 0.6 is 0 Å². The molecule has 1 rings (SSSR count). The molecule has 0 unspecified atom stereocenters. The van der Waals surface area contributed by atoms with E-state index in [4.69, 9.17) is 0 Å². The summed E-state index contributed by atoms with van der Waals surface area (Å²) >= 11 is 0. The van der Waals surface area contributed by atoms with Crippen LogP contribution in [0.4, 0.5) is 0 Å². The molecule has 1 aromatic heterocycles. The van der Waals surface area contributed by atoms with Crippen molar-refractivity contribution >= 4 is 0 Å². The van der Waals surface area contributed by atoms with E-state index in [9.17, 15) is 0 Å². The first kappa shape index (κ1) is 14.1. The molecule has 0 spiro atoms. The maximum absolute atomic E-state index is 4.52. The quantitative estimate of drug-likeness (QED) is 0.700. The number of hydrogen-bond acceptors (Lipinski definition) is 3. The van der Waals surface area contributed by atoms with Crippen molar-refractivity contribution in [2.24, 2.45) is 0 Å². The number of hydrogen-bond donors (Lipinski definition) is 1. The van der Waals surface area contributed by atoms with Crippen LogP contribution < -0.4 is 5.32 Å². The van der Waals surface area contributed by atoms with E-state index in [2.05, 4.69) is 41.3 Å². The van der Waals surface area contributed by atoms with Crippen molar-refractivity contribution in [3.63, 3.8) is 0 Å². The van der Waals surface area contributed by atoms with Crippen molar-refractivity contribution in [1.29, 1.82) is 0 Å². The lowest BCUT2D eigenvalue weighted by Crippen LogP contribution is -2.21. The lowest BCUT2D eigenvalue weighted by Gasteiger charge is -2.16. The number of pyridine rings is 1.